The number of hydrogen-bond donors (Lipinski definition) is 1. The van der Waals surface area contributed by atoms with Gasteiger partial charge in [-0.05, 0) is 60.3 Å². The van der Waals surface area contributed by atoms with Gasteiger partial charge in [0.15, 0.2) is 11.5 Å². The number of amides is 3. The molecule has 0 aromatic heterocycles. The summed E-state index contributed by atoms with van der Waals surface area (Å²) in [6, 6.07) is 18.8. The first kappa shape index (κ1) is 27.7. The topological polar surface area (TPSA) is 128 Å². The van der Waals surface area contributed by atoms with Crippen molar-refractivity contribution >= 4 is 50.7 Å². The zero-order chi connectivity index (χ0) is 28.0. The third-order valence-electron chi connectivity index (χ3n) is 5.38. The molecule has 1 heterocycles. The average Bonchev–Trinajstić information content (AvgIpc) is 3.17. The van der Waals surface area contributed by atoms with E-state index in [1.165, 1.54) is 50.4 Å². The molecule has 12 heteroatoms. The summed E-state index contributed by atoms with van der Waals surface area (Å²) >= 11 is 0.739. The van der Waals surface area contributed by atoms with Gasteiger partial charge in [-0.2, -0.15) is 8.42 Å². The molecule has 0 atom stereocenters. The lowest BCUT2D eigenvalue weighted by molar-refractivity contribution is -0.123. The molecule has 0 spiro atoms. The summed E-state index contributed by atoms with van der Waals surface area (Å²) < 4.78 is 42.0. The molecule has 1 saturated heterocycles. The Hall–Kier alpha value is -4.29. The minimum absolute atomic E-state index is 0.0149. The highest BCUT2D eigenvalue weighted by molar-refractivity contribution is 8.18. The number of carbonyl (C=O) groups is 3. The Morgan fingerprint density at radius 2 is 1.59 bits per heavy atom. The molecular weight excluding hydrogens is 544 g/mol. The molecule has 1 fully saturated rings. The Kier molecular flexibility index (Phi) is 8.57. The largest absolute Gasteiger partial charge is 0.493 e. The van der Waals surface area contributed by atoms with Crippen LogP contribution in [0.4, 0.5) is 10.5 Å². The van der Waals surface area contributed by atoms with E-state index in [4.69, 9.17) is 13.7 Å². The molecule has 0 radical (unpaired) electrons. The van der Waals surface area contributed by atoms with E-state index in [1.807, 2.05) is 0 Å². The standard InChI is InChI=1S/C27H24N2O8S2/c1-18(30)28-20-11-13-21(14-12-20)39(33,34)37-22-8-4-3-7-19(22)17-25-26(31)29(27(32)38-25)15-16-36-24-10-6-5-9-23(24)35-2/h3-14,17H,15-16H2,1-2H3,(H,28,30)/b25-17-. The fourth-order valence-electron chi connectivity index (χ4n) is 3.57. The monoisotopic (exact) mass is 568 g/mol. The van der Waals surface area contributed by atoms with Crippen LogP contribution in [-0.4, -0.2) is 50.6 Å². The summed E-state index contributed by atoms with van der Waals surface area (Å²) in [7, 11) is -2.72. The Balaban J connectivity index is 1.47. The van der Waals surface area contributed by atoms with Crippen molar-refractivity contribution in [3.05, 3.63) is 83.3 Å². The number of methoxy groups -OCH3 is 1. The smallest absolute Gasteiger partial charge is 0.339 e. The molecule has 4 rings (SSSR count). The van der Waals surface area contributed by atoms with Crippen molar-refractivity contribution in [2.24, 2.45) is 0 Å². The molecule has 10 nitrogen and oxygen atoms in total. The van der Waals surface area contributed by atoms with Gasteiger partial charge in [-0.15, -0.1) is 0 Å². The highest BCUT2D eigenvalue weighted by Crippen LogP contribution is 2.35. The highest BCUT2D eigenvalue weighted by Gasteiger charge is 2.35. The third kappa shape index (κ3) is 6.78. The van der Waals surface area contributed by atoms with Gasteiger partial charge < -0.3 is 19.0 Å². The van der Waals surface area contributed by atoms with Crippen molar-refractivity contribution < 1.29 is 36.5 Å². The number of carbonyl (C=O) groups excluding carboxylic acids is 3. The number of hydrogen-bond acceptors (Lipinski definition) is 9. The molecule has 0 unspecified atom stereocenters. The van der Waals surface area contributed by atoms with E-state index in [1.54, 1.807) is 42.5 Å². The maximum Gasteiger partial charge on any atom is 0.339 e. The van der Waals surface area contributed by atoms with Crippen LogP contribution in [0.1, 0.15) is 12.5 Å². The van der Waals surface area contributed by atoms with Gasteiger partial charge in [-0.25, -0.2) is 0 Å². The first-order valence-corrected chi connectivity index (χ1v) is 13.8. The van der Waals surface area contributed by atoms with Crippen LogP contribution in [0.2, 0.25) is 0 Å². The zero-order valence-electron chi connectivity index (χ0n) is 20.9. The normalized spacial score (nSPS) is 14.4. The number of ether oxygens (including phenoxy) is 2. The first-order chi connectivity index (χ1) is 18.7. The van der Waals surface area contributed by atoms with Crippen molar-refractivity contribution in [3.8, 4) is 17.2 Å². The van der Waals surface area contributed by atoms with Gasteiger partial charge in [-0.3, -0.25) is 19.3 Å². The molecular formula is C27H24N2O8S2. The molecule has 202 valence electrons. The van der Waals surface area contributed by atoms with Gasteiger partial charge in [-0.1, -0.05) is 30.3 Å². The van der Waals surface area contributed by atoms with Crippen molar-refractivity contribution in [1.82, 2.24) is 4.90 Å². The molecule has 3 amide bonds. The number of nitrogens with one attached hydrogen (secondary N) is 1. The van der Waals surface area contributed by atoms with Crippen LogP contribution in [0, 0.1) is 0 Å². The SMILES string of the molecule is COc1ccccc1OCCN1C(=O)S/C(=C\c2ccccc2OS(=O)(=O)c2ccc(NC(C)=O)cc2)C1=O. The van der Waals surface area contributed by atoms with Crippen LogP contribution in [0.5, 0.6) is 17.2 Å². The second-order valence-electron chi connectivity index (χ2n) is 8.11. The molecule has 1 N–H and O–H groups in total. The third-order valence-corrected chi connectivity index (χ3v) is 7.54. The minimum atomic E-state index is -4.23. The predicted molar refractivity (Wildman–Crippen MR) is 146 cm³/mol. The number of benzene rings is 3. The molecule has 0 bridgehead atoms. The zero-order valence-corrected chi connectivity index (χ0v) is 22.6. The molecule has 1 aliphatic heterocycles. The van der Waals surface area contributed by atoms with Gasteiger partial charge >= 0.3 is 10.1 Å². The van der Waals surface area contributed by atoms with Crippen LogP contribution >= 0.6 is 11.8 Å². The minimum Gasteiger partial charge on any atom is -0.493 e. The van der Waals surface area contributed by atoms with E-state index in [-0.39, 0.29) is 34.6 Å². The van der Waals surface area contributed by atoms with Crippen LogP contribution in [0.3, 0.4) is 0 Å². The summed E-state index contributed by atoms with van der Waals surface area (Å²) in [5.74, 6) is 0.181. The molecule has 3 aromatic rings. The second kappa shape index (κ2) is 12.0. The summed E-state index contributed by atoms with van der Waals surface area (Å²) in [6.07, 6.45) is 1.41. The van der Waals surface area contributed by atoms with Crippen LogP contribution in [0.15, 0.2) is 82.6 Å². The fraction of sp³-hybridized carbons (Fsp3) is 0.148. The van der Waals surface area contributed by atoms with Crippen LogP contribution < -0.4 is 19.0 Å². The van der Waals surface area contributed by atoms with Crippen molar-refractivity contribution in [3.63, 3.8) is 0 Å². The lowest BCUT2D eigenvalue weighted by Gasteiger charge is -2.14. The van der Waals surface area contributed by atoms with E-state index >= 15 is 0 Å². The van der Waals surface area contributed by atoms with E-state index < -0.39 is 21.3 Å². The molecule has 0 aliphatic carbocycles. The summed E-state index contributed by atoms with van der Waals surface area (Å²) in [6.45, 7) is 1.42. The Morgan fingerprint density at radius 1 is 0.949 bits per heavy atom. The van der Waals surface area contributed by atoms with E-state index in [0.717, 1.165) is 16.7 Å². The van der Waals surface area contributed by atoms with E-state index in [2.05, 4.69) is 5.32 Å². The van der Waals surface area contributed by atoms with Gasteiger partial charge in [0.2, 0.25) is 5.91 Å². The average molecular weight is 569 g/mol. The number of thioether (sulfide) groups is 1. The number of imide groups is 1. The van der Waals surface area contributed by atoms with Gasteiger partial charge in [0.25, 0.3) is 11.1 Å². The first-order valence-electron chi connectivity index (χ1n) is 11.6. The quantitative estimate of drug-likeness (QED) is 0.277. The molecule has 3 aromatic carbocycles. The molecule has 1 aliphatic rings. The lowest BCUT2D eigenvalue weighted by Crippen LogP contribution is -2.32. The second-order valence-corrected chi connectivity index (χ2v) is 10.7. The van der Waals surface area contributed by atoms with E-state index in [9.17, 15) is 22.8 Å². The number of anilines is 1. The maximum absolute atomic E-state index is 13.0. The number of rotatable bonds is 10. The lowest BCUT2D eigenvalue weighted by atomic mass is 10.2. The van der Waals surface area contributed by atoms with Gasteiger partial charge in [0, 0.05) is 18.2 Å². The van der Waals surface area contributed by atoms with Crippen LogP contribution in [-0.2, 0) is 19.7 Å². The van der Waals surface area contributed by atoms with Crippen LogP contribution in [0.25, 0.3) is 6.08 Å². The van der Waals surface area contributed by atoms with Gasteiger partial charge in [0.05, 0.1) is 18.6 Å². The van der Waals surface area contributed by atoms with Crippen molar-refractivity contribution in [2.45, 2.75) is 11.8 Å². The Morgan fingerprint density at radius 3 is 2.26 bits per heavy atom. The summed E-state index contributed by atoms with van der Waals surface area (Å²) in [5, 5.41) is 2.09. The Bertz CT molecular complexity index is 1540. The predicted octanol–water partition coefficient (Wildman–Crippen LogP) is 4.54. The molecule has 39 heavy (non-hydrogen) atoms. The fourth-order valence-corrected chi connectivity index (χ4v) is 5.38. The van der Waals surface area contributed by atoms with Crippen molar-refractivity contribution in [2.75, 3.05) is 25.6 Å². The Labute approximate surface area is 229 Å². The summed E-state index contributed by atoms with van der Waals surface area (Å²) in [5.41, 5.74) is 0.734. The number of para-hydroxylation sites is 3. The highest BCUT2D eigenvalue weighted by atomic mass is 32.2. The van der Waals surface area contributed by atoms with E-state index in [0.29, 0.717) is 22.7 Å². The maximum atomic E-state index is 13.0. The molecule has 0 saturated carbocycles. The number of nitrogens with zero attached hydrogens (tertiary/aromatic N) is 1. The van der Waals surface area contributed by atoms with Gasteiger partial charge in [0.1, 0.15) is 17.3 Å². The summed E-state index contributed by atoms with van der Waals surface area (Å²) in [4.78, 5) is 37.7. The van der Waals surface area contributed by atoms with Crippen molar-refractivity contribution in [1.29, 1.82) is 0 Å².